The minimum atomic E-state index is -0.131. The van der Waals surface area contributed by atoms with Crippen LogP contribution in [0.15, 0.2) is 30.6 Å². The molecule has 0 spiro atoms. The molecular weight excluding hydrogens is 276 g/mol. The van der Waals surface area contributed by atoms with E-state index in [4.69, 9.17) is 5.73 Å². The first-order valence-electron chi connectivity index (χ1n) is 7.53. The Bertz CT molecular complexity index is 714. The maximum atomic E-state index is 12.8. The summed E-state index contributed by atoms with van der Waals surface area (Å²) in [5.74, 6) is 0.0631. The summed E-state index contributed by atoms with van der Waals surface area (Å²) in [7, 11) is 0. The van der Waals surface area contributed by atoms with Gasteiger partial charge in [-0.3, -0.25) is 4.79 Å². The zero-order valence-electron chi connectivity index (χ0n) is 12.9. The van der Waals surface area contributed by atoms with Crippen molar-refractivity contribution in [3.05, 3.63) is 53.0 Å². The van der Waals surface area contributed by atoms with Crippen LogP contribution >= 0.6 is 0 Å². The van der Waals surface area contributed by atoms with Crippen LogP contribution in [-0.4, -0.2) is 27.3 Å². The maximum absolute atomic E-state index is 12.8. The van der Waals surface area contributed by atoms with Gasteiger partial charge in [0.05, 0.1) is 6.04 Å². The minimum absolute atomic E-state index is 0.0915. The Hall–Kier alpha value is -2.43. The van der Waals surface area contributed by atoms with Gasteiger partial charge in [0.1, 0.15) is 0 Å². The summed E-state index contributed by atoms with van der Waals surface area (Å²) < 4.78 is 0. The zero-order chi connectivity index (χ0) is 15.7. The third-order valence-corrected chi connectivity index (χ3v) is 4.45. The highest BCUT2D eigenvalue weighted by molar-refractivity contribution is 5.96. The summed E-state index contributed by atoms with van der Waals surface area (Å²) >= 11 is 0. The van der Waals surface area contributed by atoms with Crippen molar-refractivity contribution < 1.29 is 4.79 Å². The second-order valence-corrected chi connectivity index (χ2v) is 5.74. The molecule has 0 unspecified atom stereocenters. The highest BCUT2D eigenvalue weighted by Gasteiger charge is 2.33. The molecule has 1 aliphatic rings. The first kappa shape index (κ1) is 14.5. The number of anilines is 1. The van der Waals surface area contributed by atoms with E-state index in [1.165, 1.54) is 29.1 Å². The molecule has 2 N–H and O–H groups in total. The molecule has 2 aromatic rings. The van der Waals surface area contributed by atoms with Crippen LogP contribution in [0.5, 0.6) is 0 Å². The Morgan fingerprint density at radius 1 is 1.27 bits per heavy atom. The second kappa shape index (κ2) is 5.75. The molecule has 2 heterocycles. The summed E-state index contributed by atoms with van der Waals surface area (Å²) in [6.07, 6.45) is 4.96. The number of hydrogen-bond acceptors (Lipinski definition) is 4. The average molecular weight is 296 g/mol. The predicted molar refractivity (Wildman–Crippen MR) is 85.4 cm³/mol. The van der Waals surface area contributed by atoms with Crippen molar-refractivity contribution in [2.24, 2.45) is 0 Å². The van der Waals surface area contributed by atoms with E-state index in [2.05, 4.69) is 42.0 Å². The molecule has 1 atom stereocenters. The summed E-state index contributed by atoms with van der Waals surface area (Å²) in [5, 5.41) is 0. The lowest BCUT2D eigenvalue weighted by atomic mass is 9.96. The number of carbonyl (C=O) groups is 1. The molecule has 1 amide bonds. The lowest BCUT2D eigenvalue weighted by Crippen LogP contribution is -2.32. The van der Waals surface area contributed by atoms with Crippen LogP contribution in [0.4, 0.5) is 5.82 Å². The van der Waals surface area contributed by atoms with E-state index >= 15 is 0 Å². The summed E-state index contributed by atoms with van der Waals surface area (Å²) in [4.78, 5) is 22.7. The second-order valence-electron chi connectivity index (χ2n) is 5.74. The summed E-state index contributed by atoms with van der Waals surface area (Å²) in [5.41, 5.74) is 9.77. The van der Waals surface area contributed by atoms with Gasteiger partial charge < -0.3 is 10.6 Å². The number of likely N-dealkylation sites (tertiary alicyclic amines) is 1. The molecule has 5 heteroatoms. The lowest BCUT2D eigenvalue weighted by Gasteiger charge is -2.26. The number of amides is 1. The predicted octanol–water partition coefficient (Wildman–Crippen LogP) is 2.65. The molecule has 0 bridgehead atoms. The molecule has 3 rings (SSSR count). The molecule has 0 aliphatic carbocycles. The van der Waals surface area contributed by atoms with Gasteiger partial charge in [-0.15, -0.1) is 0 Å². The molecule has 1 aromatic carbocycles. The number of benzene rings is 1. The van der Waals surface area contributed by atoms with Crippen LogP contribution in [0.25, 0.3) is 0 Å². The molecule has 1 saturated heterocycles. The van der Waals surface area contributed by atoms with Crippen molar-refractivity contribution in [2.75, 3.05) is 12.3 Å². The highest BCUT2D eigenvalue weighted by atomic mass is 16.2. The molecule has 1 aromatic heterocycles. The Labute approximate surface area is 130 Å². The third kappa shape index (κ3) is 2.43. The Balaban J connectivity index is 1.95. The molecule has 1 aliphatic heterocycles. The van der Waals surface area contributed by atoms with Crippen molar-refractivity contribution in [2.45, 2.75) is 32.7 Å². The molecule has 0 saturated carbocycles. The van der Waals surface area contributed by atoms with Crippen molar-refractivity contribution in [1.29, 1.82) is 0 Å². The van der Waals surface area contributed by atoms with Crippen molar-refractivity contribution in [1.82, 2.24) is 14.9 Å². The lowest BCUT2D eigenvalue weighted by molar-refractivity contribution is 0.0730. The largest absolute Gasteiger partial charge is 0.382 e. The van der Waals surface area contributed by atoms with E-state index in [1.807, 2.05) is 4.90 Å². The zero-order valence-corrected chi connectivity index (χ0v) is 12.9. The van der Waals surface area contributed by atoms with Gasteiger partial charge in [-0.05, 0) is 43.4 Å². The van der Waals surface area contributed by atoms with Gasteiger partial charge in [0.2, 0.25) is 0 Å². The van der Waals surface area contributed by atoms with E-state index in [0.717, 1.165) is 19.4 Å². The minimum Gasteiger partial charge on any atom is -0.382 e. The average Bonchev–Trinajstić information content (AvgIpc) is 2.99. The van der Waals surface area contributed by atoms with Gasteiger partial charge in [0, 0.05) is 18.9 Å². The topological polar surface area (TPSA) is 72.1 Å². The molecule has 114 valence electrons. The van der Waals surface area contributed by atoms with Crippen LogP contribution in [0.2, 0.25) is 0 Å². The molecule has 0 radical (unpaired) electrons. The monoisotopic (exact) mass is 296 g/mol. The third-order valence-electron chi connectivity index (χ3n) is 4.45. The number of aromatic nitrogens is 2. The highest BCUT2D eigenvalue weighted by Crippen LogP contribution is 2.35. The SMILES string of the molecule is Cc1cccc([C@@H]2CCCN2C(=O)c2nccnc2N)c1C. The Morgan fingerprint density at radius 3 is 2.82 bits per heavy atom. The van der Waals surface area contributed by atoms with Crippen molar-refractivity contribution >= 4 is 11.7 Å². The van der Waals surface area contributed by atoms with Gasteiger partial charge in [-0.25, -0.2) is 9.97 Å². The first-order valence-corrected chi connectivity index (χ1v) is 7.53. The smallest absolute Gasteiger partial charge is 0.276 e. The number of aryl methyl sites for hydroxylation is 1. The van der Waals surface area contributed by atoms with Crippen LogP contribution in [0.1, 0.15) is 46.1 Å². The fourth-order valence-corrected chi connectivity index (χ4v) is 3.12. The number of carbonyl (C=O) groups excluding carboxylic acids is 1. The van der Waals surface area contributed by atoms with E-state index < -0.39 is 0 Å². The molecule has 1 fully saturated rings. The number of nitrogens with zero attached hydrogens (tertiary/aromatic N) is 3. The fraction of sp³-hybridized carbons (Fsp3) is 0.353. The Morgan fingerprint density at radius 2 is 2.05 bits per heavy atom. The summed E-state index contributed by atoms with van der Waals surface area (Å²) in [6.45, 7) is 4.94. The quantitative estimate of drug-likeness (QED) is 0.924. The van der Waals surface area contributed by atoms with Crippen LogP contribution in [0, 0.1) is 13.8 Å². The van der Waals surface area contributed by atoms with Crippen molar-refractivity contribution in [3.63, 3.8) is 0 Å². The van der Waals surface area contributed by atoms with Gasteiger partial charge in [-0.1, -0.05) is 18.2 Å². The number of rotatable bonds is 2. The normalized spacial score (nSPS) is 17.7. The number of nitrogens with two attached hydrogens (primary N) is 1. The number of hydrogen-bond donors (Lipinski definition) is 1. The van der Waals surface area contributed by atoms with Crippen LogP contribution in [-0.2, 0) is 0 Å². The van der Waals surface area contributed by atoms with E-state index in [0.29, 0.717) is 0 Å². The standard InChI is InChI=1S/C17H20N4O/c1-11-5-3-6-13(12(11)2)14-7-4-10-21(14)17(22)15-16(18)20-9-8-19-15/h3,5-6,8-9,14H,4,7,10H2,1-2H3,(H2,18,20)/t14-/m0/s1. The van der Waals surface area contributed by atoms with E-state index in [1.54, 1.807) is 0 Å². The van der Waals surface area contributed by atoms with Gasteiger partial charge in [-0.2, -0.15) is 0 Å². The summed E-state index contributed by atoms with van der Waals surface area (Å²) in [6, 6.07) is 6.35. The first-order chi connectivity index (χ1) is 10.6. The fourth-order valence-electron chi connectivity index (χ4n) is 3.12. The maximum Gasteiger partial charge on any atom is 0.276 e. The van der Waals surface area contributed by atoms with Crippen molar-refractivity contribution in [3.8, 4) is 0 Å². The number of nitrogen functional groups attached to an aromatic ring is 1. The van der Waals surface area contributed by atoms with E-state index in [9.17, 15) is 4.79 Å². The van der Waals surface area contributed by atoms with E-state index in [-0.39, 0.29) is 23.5 Å². The molecule has 5 nitrogen and oxygen atoms in total. The van der Waals surface area contributed by atoms with Crippen LogP contribution < -0.4 is 5.73 Å². The Kier molecular flexibility index (Phi) is 3.79. The molecule has 22 heavy (non-hydrogen) atoms. The van der Waals surface area contributed by atoms with Crippen LogP contribution in [0.3, 0.4) is 0 Å². The van der Waals surface area contributed by atoms with Gasteiger partial charge in [0.15, 0.2) is 11.5 Å². The molecular formula is C17H20N4O. The van der Waals surface area contributed by atoms with Gasteiger partial charge in [0.25, 0.3) is 5.91 Å². The van der Waals surface area contributed by atoms with Gasteiger partial charge >= 0.3 is 0 Å².